The Morgan fingerprint density at radius 3 is 2.94 bits per heavy atom. The van der Waals surface area contributed by atoms with Gasteiger partial charge in [-0.25, -0.2) is 9.97 Å². The molecule has 0 bridgehead atoms. The molecule has 0 aromatic carbocycles. The highest BCUT2D eigenvalue weighted by atomic mass is 127. The lowest BCUT2D eigenvalue weighted by Crippen LogP contribution is -2.40. The number of rotatable bonds is 1. The highest BCUT2D eigenvalue weighted by Gasteiger charge is 2.41. The Kier molecular flexibility index (Phi) is 2.61. The topological polar surface area (TPSA) is 50.4 Å². The molecule has 1 fully saturated rings. The molecule has 17 heavy (non-hydrogen) atoms. The van der Waals surface area contributed by atoms with Crippen molar-refractivity contribution in [3.8, 4) is 0 Å². The van der Waals surface area contributed by atoms with E-state index in [-0.39, 0.29) is 0 Å². The lowest BCUT2D eigenvalue weighted by Gasteiger charge is -2.40. The number of hydrogen-bond donors (Lipinski definition) is 1. The molecule has 2 aromatic heterocycles. The maximum absolute atomic E-state index is 9.80. The van der Waals surface area contributed by atoms with Crippen LogP contribution in [0, 0.1) is 3.70 Å². The molecule has 3 rings (SSSR count). The zero-order valence-corrected chi connectivity index (χ0v) is 12.1. The monoisotopic (exact) mass is 363 g/mol. The third-order valence-corrected chi connectivity index (χ3v) is 4.26. The summed E-state index contributed by atoms with van der Waals surface area (Å²) < 4.78 is 2.82. The second kappa shape index (κ2) is 3.80. The van der Waals surface area contributed by atoms with E-state index in [4.69, 9.17) is 11.6 Å². The fourth-order valence-corrected chi connectivity index (χ4v) is 3.64. The van der Waals surface area contributed by atoms with Gasteiger partial charge in [-0.2, -0.15) is 0 Å². The van der Waals surface area contributed by atoms with Crippen molar-refractivity contribution in [1.82, 2.24) is 14.4 Å². The van der Waals surface area contributed by atoms with Crippen molar-refractivity contribution in [3.63, 3.8) is 0 Å². The second-order valence-electron chi connectivity index (χ2n) is 4.82. The van der Waals surface area contributed by atoms with E-state index in [0.717, 1.165) is 27.9 Å². The molecule has 0 unspecified atom stereocenters. The van der Waals surface area contributed by atoms with E-state index >= 15 is 0 Å². The fourth-order valence-electron chi connectivity index (χ4n) is 2.45. The van der Waals surface area contributed by atoms with Gasteiger partial charge in [0, 0.05) is 12.1 Å². The first-order chi connectivity index (χ1) is 7.98. The van der Waals surface area contributed by atoms with Gasteiger partial charge in [0.15, 0.2) is 0 Å². The predicted molar refractivity (Wildman–Crippen MR) is 73.3 cm³/mol. The summed E-state index contributed by atoms with van der Waals surface area (Å²) in [6.45, 7) is 1.86. The van der Waals surface area contributed by atoms with Gasteiger partial charge in [-0.1, -0.05) is 11.6 Å². The molecule has 1 saturated carbocycles. The first-order valence-electron chi connectivity index (χ1n) is 5.37. The van der Waals surface area contributed by atoms with Crippen LogP contribution < -0.4 is 0 Å². The first kappa shape index (κ1) is 11.7. The van der Waals surface area contributed by atoms with E-state index in [0.29, 0.717) is 10.9 Å². The van der Waals surface area contributed by atoms with Crippen LogP contribution in [0.5, 0.6) is 0 Å². The minimum Gasteiger partial charge on any atom is -0.390 e. The molecule has 0 atom stereocenters. The summed E-state index contributed by atoms with van der Waals surface area (Å²) in [5, 5.41) is 10.4. The van der Waals surface area contributed by atoms with Crippen molar-refractivity contribution in [2.45, 2.75) is 31.3 Å². The fraction of sp³-hybridized carbons (Fsp3) is 0.455. The summed E-state index contributed by atoms with van der Waals surface area (Å²) in [6, 6.07) is 0. The molecule has 0 aliphatic heterocycles. The van der Waals surface area contributed by atoms with Gasteiger partial charge in [-0.05, 0) is 42.4 Å². The Hall–Kier alpha value is -0.400. The van der Waals surface area contributed by atoms with Gasteiger partial charge in [0.1, 0.15) is 21.4 Å². The number of halogens is 2. The summed E-state index contributed by atoms with van der Waals surface area (Å²) in [5.41, 5.74) is 0.359. The van der Waals surface area contributed by atoms with Crippen LogP contribution in [-0.2, 0) is 0 Å². The highest BCUT2D eigenvalue weighted by Crippen LogP contribution is 2.44. The third kappa shape index (κ3) is 1.84. The maximum Gasteiger partial charge on any atom is 0.129 e. The number of aliphatic hydroxyl groups is 1. The molecular weight excluding hydrogens is 352 g/mol. The van der Waals surface area contributed by atoms with Crippen molar-refractivity contribution < 1.29 is 5.11 Å². The molecule has 1 aliphatic rings. The largest absolute Gasteiger partial charge is 0.390 e. The Morgan fingerprint density at radius 2 is 2.29 bits per heavy atom. The molecule has 2 aromatic rings. The van der Waals surface area contributed by atoms with E-state index in [1.54, 1.807) is 12.5 Å². The molecule has 0 spiro atoms. The zero-order valence-electron chi connectivity index (χ0n) is 9.19. The Labute approximate surface area is 117 Å². The molecule has 2 heterocycles. The van der Waals surface area contributed by atoms with Crippen LogP contribution in [0.2, 0.25) is 5.02 Å². The van der Waals surface area contributed by atoms with E-state index in [1.807, 2.05) is 11.3 Å². The van der Waals surface area contributed by atoms with Crippen LogP contribution in [0.15, 0.2) is 12.5 Å². The van der Waals surface area contributed by atoms with Crippen molar-refractivity contribution in [1.29, 1.82) is 0 Å². The summed E-state index contributed by atoms with van der Waals surface area (Å²) in [5.74, 6) is 1.24. The molecule has 0 radical (unpaired) electrons. The quantitative estimate of drug-likeness (QED) is 0.793. The summed E-state index contributed by atoms with van der Waals surface area (Å²) >= 11 is 8.30. The Bertz CT molecular complexity index is 588. The predicted octanol–water partition coefficient (Wildman–Crippen LogP) is 2.62. The maximum atomic E-state index is 9.80. The van der Waals surface area contributed by atoms with Gasteiger partial charge in [0.05, 0.1) is 10.6 Å². The third-order valence-electron chi connectivity index (χ3n) is 3.23. The molecule has 1 N–H and O–H groups in total. The highest BCUT2D eigenvalue weighted by molar-refractivity contribution is 14.1. The number of nitrogens with zero attached hydrogens (tertiary/aromatic N) is 3. The van der Waals surface area contributed by atoms with Crippen LogP contribution in [0.25, 0.3) is 5.52 Å². The van der Waals surface area contributed by atoms with Gasteiger partial charge in [-0.15, -0.1) is 0 Å². The van der Waals surface area contributed by atoms with Crippen LogP contribution in [-0.4, -0.2) is 25.1 Å². The molecule has 90 valence electrons. The van der Waals surface area contributed by atoms with Crippen molar-refractivity contribution in [3.05, 3.63) is 27.1 Å². The van der Waals surface area contributed by atoms with Crippen molar-refractivity contribution >= 4 is 39.7 Å². The van der Waals surface area contributed by atoms with Crippen molar-refractivity contribution in [2.24, 2.45) is 0 Å². The van der Waals surface area contributed by atoms with Crippen LogP contribution in [0.3, 0.4) is 0 Å². The van der Waals surface area contributed by atoms with E-state index in [9.17, 15) is 5.11 Å². The SMILES string of the molecule is CC1(O)CC(c2nc(I)c3c(Cl)cncn23)C1. The van der Waals surface area contributed by atoms with Crippen LogP contribution in [0.1, 0.15) is 31.5 Å². The van der Waals surface area contributed by atoms with Gasteiger partial charge in [0.25, 0.3) is 0 Å². The molecular formula is C11H11ClIN3O. The summed E-state index contributed by atoms with van der Waals surface area (Å²) in [7, 11) is 0. The average molecular weight is 364 g/mol. The number of aromatic nitrogens is 3. The van der Waals surface area contributed by atoms with Crippen molar-refractivity contribution in [2.75, 3.05) is 0 Å². The minimum absolute atomic E-state index is 0.293. The summed E-state index contributed by atoms with van der Waals surface area (Å²) in [6.07, 6.45) is 4.85. The van der Waals surface area contributed by atoms with Crippen LogP contribution in [0.4, 0.5) is 0 Å². The lowest BCUT2D eigenvalue weighted by atomic mass is 9.72. The van der Waals surface area contributed by atoms with Crippen LogP contribution >= 0.6 is 34.2 Å². The lowest BCUT2D eigenvalue weighted by molar-refractivity contribution is -0.0335. The molecule has 0 amide bonds. The standard InChI is InChI=1S/C11H11ClIN3O/c1-11(17)2-6(3-11)10-15-9(13)8-7(12)4-14-5-16(8)10/h4-6,17H,2-3H2,1H3. The van der Waals surface area contributed by atoms with E-state index < -0.39 is 5.60 Å². The number of hydrogen-bond acceptors (Lipinski definition) is 3. The Morgan fingerprint density at radius 1 is 1.59 bits per heavy atom. The molecule has 1 aliphatic carbocycles. The van der Waals surface area contributed by atoms with Gasteiger partial charge in [-0.3, -0.25) is 4.40 Å². The molecule has 6 heteroatoms. The zero-order chi connectivity index (χ0) is 12.2. The van der Waals surface area contributed by atoms with E-state index in [2.05, 4.69) is 32.6 Å². The second-order valence-corrected chi connectivity index (χ2v) is 6.25. The molecule has 4 nitrogen and oxygen atoms in total. The van der Waals surface area contributed by atoms with Gasteiger partial charge in [0.2, 0.25) is 0 Å². The average Bonchev–Trinajstić information content (AvgIpc) is 2.54. The number of imidazole rings is 1. The Balaban J connectivity index is 2.10. The normalized spacial score (nSPS) is 28.4. The van der Waals surface area contributed by atoms with Gasteiger partial charge >= 0.3 is 0 Å². The first-order valence-corrected chi connectivity index (χ1v) is 6.83. The summed E-state index contributed by atoms with van der Waals surface area (Å²) in [4.78, 5) is 8.64. The van der Waals surface area contributed by atoms with E-state index in [1.165, 1.54) is 0 Å². The molecule has 0 saturated heterocycles. The minimum atomic E-state index is -0.548. The number of fused-ring (bicyclic) bond motifs is 1. The smallest absolute Gasteiger partial charge is 0.129 e. The van der Waals surface area contributed by atoms with Gasteiger partial charge < -0.3 is 5.11 Å².